The molecule has 0 aromatic heterocycles. The number of hydrogen-bond acceptors (Lipinski definition) is 5. The topological polar surface area (TPSA) is 98.5 Å². The maximum Gasteiger partial charge on any atom is 0.573 e. The lowest BCUT2D eigenvalue weighted by molar-refractivity contribution is -0.384. The molecule has 25 heavy (non-hydrogen) atoms. The number of sulfonamides is 1. The Morgan fingerprint density at radius 3 is 2.44 bits per heavy atom. The fraction of sp³-hybridized carbons (Fsp3) is 0.0769. The summed E-state index contributed by atoms with van der Waals surface area (Å²) in [6, 6.07) is 6.86. The largest absolute Gasteiger partial charge is 0.573 e. The molecule has 0 aliphatic rings. The molecule has 0 amide bonds. The maximum absolute atomic E-state index is 12.2. The SMILES string of the molecule is O=[N+]([O-])c1cc(NS(=O)(=O)c2cccc(OC(F)(F)F)c2)ccc1Cl. The molecule has 0 aliphatic carbocycles. The Morgan fingerprint density at radius 1 is 1.16 bits per heavy atom. The Bertz CT molecular complexity index is 918. The van der Waals surface area contributed by atoms with Crippen molar-refractivity contribution in [1.82, 2.24) is 0 Å². The normalized spacial score (nSPS) is 11.8. The van der Waals surface area contributed by atoms with Crippen LogP contribution in [-0.2, 0) is 10.0 Å². The van der Waals surface area contributed by atoms with Crippen molar-refractivity contribution in [3.8, 4) is 5.75 Å². The predicted octanol–water partition coefficient (Wildman–Crippen LogP) is 3.95. The van der Waals surface area contributed by atoms with Crippen LogP contribution in [0.3, 0.4) is 0 Å². The second-order valence-electron chi connectivity index (χ2n) is 4.55. The Morgan fingerprint density at radius 2 is 1.84 bits per heavy atom. The molecule has 12 heteroatoms. The molecular formula is C13H8ClF3N2O5S. The van der Waals surface area contributed by atoms with Crippen LogP contribution in [0.2, 0.25) is 5.02 Å². The highest BCUT2D eigenvalue weighted by atomic mass is 35.5. The zero-order chi connectivity index (χ0) is 18.8. The van der Waals surface area contributed by atoms with Crippen LogP contribution in [0.25, 0.3) is 0 Å². The summed E-state index contributed by atoms with van der Waals surface area (Å²) in [5, 5.41) is 10.6. The molecule has 134 valence electrons. The lowest BCUT2D eigenvalue weighted by Gasteiger charge is -2.11. The van der Waals surface area contributed by atoms with E-state index in [1.54, 1.807) is 0 Å². The zero-order valence-electron chi connectivity index (χ0n) is 12.0. The van der Waals surface area contributed by atoms with Gasteiger partial charge in [0.1, 0.15) is 10.8 Å². The average molecular weight is 397 g/mol. The number of anilines is 1. The van der Waals surface area contributed by atoms with Crippen molar-refractivity contribution < 1.29 is 31.2 Å². The summed E-state index contributed by atoms with van der Waals surface area (Å²) in [4.78, 5) is 9.48. The molecule has 0 spiro atoms. The van der Waals surface area contributed by atoms with Crippen molar-refractivity contribution in [1.29, 1.82) is 0 Å². The number of alkyl halides is 3. The van der Waals surface area contributed by atoms with Crippen LogP contribution in [0.4, 0.5) is 24.5 Å². The first-order valence-corrected chi connectivity index (χ1v) is 8.17. The van der Waals surface area contributed by atoms with Gasteiger partial charge in [-0.25, -0.2) is 8.42 Å². The van der Waals surface area contributed by atoms with Gasteiger partial charge in [0.05, 0.1) is 15.5 Å². The van der Waals surface area contributed by atoms with Crippen LogP contribution < -0.4 is 9.46 Å². The number of ether oxygens (including phenoxy) is 1. The molecule has 0 bridgehead atoms. The molecule has 0 saturated carbocycles. The highest BCUT2D eigenvalue weighted by molar-refractivity contribution is 7.92. The molecule has 0 radical (unpaired) electrons. The van der Waals surface area contributed by atoms with E-state index >= 15 is 0 Å². The van der Waals surface area contributed by atoms with E-state index in [4.69, 9.17) is 11.6 Å². The zero-order valence-corrected chi connectivity index (χ0v) is 13.5. The van der Waals surface area contributed by atoms with Crippen LogP contribution in [-0.4, -0.2) is 19.7 Å². The van der Waals surface area contributed by atoms with Gasteiger partial charge in [-0.1, -0.05) is 17.7 Å². The fourth-order valence-corrected chi connectivity index (χ4v) is 3.04. The number of halogens is 4. The van der Waals surface area contributed by atoms with E-state index in [0.29, 0.717) is 6.07 Å². The monoisotopic (exact) mass is 396 g/mol. The summed E-state index contributed by atoms with van der Waals surface area (Å²) in [5.41, 5.74) is -0.714. The molecule has 0 unspecified atom stereocenters. The Hall–Kier alpha value is -2.53. The van der Waals surface area contributed by atoms with E-state index < -0.39 is 37.6 Å². The molecule has 2 aromatic carbocycles. The van der Waals surface area contributed by atoms with Gasteiger partial charge < -0.3 is 4.74 Å². The fourth-order valence-electron chi connectivity index (χ4n) is 1.77. The van der Waals surface area contributed by atoms with E-state index in [1.807, 2.05) is 4.72 Å². The Balaban J connectivity index is 2.32. The summed E-state index contributed by atoms with van der Waals surface area (Å²) in [5.74, 6) is -0.725. The Kier molecular flexibility index (Phi) is 5.09. The van der Waals surface area contributed by atoms with Crippen LogP contribution in [0.5, 0.6) is 5.75 Å². The maximum atomic E-state index is 12.2. The van der Waals surface area contributed by atoms with Crippen molar-refractivity contribution in [2.75, 3.05) is 4.72 Å². The molecule has 7 nitrogen and oxygen atoms in total. The molecule has 0 fully saturated rings. The molecular weight excluding hydrogens is 389 g/mol. The number of benzene rings is 2. The quantitative estimate of drug-likeness (QED) is 0.609. The van der Waals surface area contributed by atoms with E-state index in [1.165, 1.54) is 6.07 Å². The first kappa shape index (κ1) is 18.8. The van der Waals surface area contributed by atoms with Crippen LogP contribution in [0, 0.1) is 10.1 Å². The number of nitro benzene ring substituents is 1. The van der Waals surface area contributed by atoms with Gasteiger partial charge in [0.2, 0.25) is 0 Å². The second-order valence-corrected chi connectivity index (χ2v) is 6.64. The van der Waals surface area contributed by atoms with Gasteiger partial charge in [0.15, 0.2) is 0 Å². The summed E-state index contributed by atoms with van der Waals surface area (Å²) in [7, 11) is -4.31. The minimum atomic E-state index is -4.98. The first-order valence-electron chi connectivity index (χ1n) is 6.30. The van der Waals surface area contributed by atoms with E-state index in [2.05, 4.69) is 4.74 Å². The standard InChI is InChI=1S/C13H8ClF3N2O5S/c14-11-5-4-8(6-12(11)19(20)21)18-25(22,23)10-3-1-2-9(7-10)24-13(15,16)17/h1-7,18H. The third kappa shape index (κ3) is 4.97. The Labute approximate surface area is 144 Å². The highest BCUT2D eigenvalue weighted by Gasteiger charge is 2.31. The lowest BCUT2D eigenvalue weighted by Crippen LogP contribution is -2.18. The smallest absolute Gasteiger partial charge is 0.406 e. The van der Waals surface area contributed by atoms with Crippen molar-refractivity contribution in [3.05, 3.63) is 57.6 Å². The molecule has 2 rings (SSSR count). The van der Waals surface area contributed by atoms with Crippen molar-refractivity contribution in [3.63, 3.8) is 0 Å². The minimum absolute atomic E-state index is 0.182. The van der Waals surface area contributed by atoms with Gasteiger partial charge in [-0.15, -0.1) is 13.2 Å². The summed E-state index contributed by atoms with van der Waals surface area (Å²) >= 11 is 5.62. The van der Waals surface area contributed by atoms with Crippen LogP contribution in [0.15, 0.2) is 47.4 Å². The molecule has 1 N–H and O–H groups in total. The molecule has 0 atom stereocenters. The number of hydrogen-bond donors (Lipinski definition) is 1. The predicted molar refractivity (Wildman–Crippen MR) is 82.0 cm³/mol. The van der Waals surface area contributed by atoms with Gasteiger partial charge >= 0.3 is 6.36 Å². The molecule has 0 saturated heterocycles. The number of rotatable bonds is 5. The van der Waals surface area contributed by atoms with Gasteiger partial charge in [0, 0.05) is 12.1 Å². The minimum Gasteiger partial charge on any atom is -0.406 e. The van der Waals surface area contributed by atoms with E-state index in [0.717, 1.165) is 30.3 Å². The third-order valence-corrected chi connectivity index (χ3v) is 4.44. The molecule has 0 heterocycles. The lowest BCUT2D eigenvalue weighted by atomic mass is 10.3. The van der Waals surface area contributed by atoms with Crippen LogP contribution in [0.1, 0.15) is 0 Å². The van der Waals surface area contributed by atoms with Crippen molar-refractivity contribution in [2.24, 2.45) is 0 Å². The van der Waals surface area contributed by atoms with Gasteiger partial charge in [-0.05, 0) is 24.3 Å². The molecule has 0 aliphatic heterocycles. The van der Waals surface area contributed by atoms with Crippen LogP contribution >= 0.6 is 11.6 Å². The number of nitrogens with zero attached hydrogens (tertiary/aromatic N) is 1. The van der Waals surface area contributed by atoms with Crippen molar-refractivity contribution >= 4 is 33.0 Å². The van der Waals surface area contributed by atoms with Crippen molar-refractivity contribution in [2.45, 2.75) is 11.3 Å². The molecule has 2 aromatic rings. The second kappa shape index (κ2) is 6.76. The van der Waals surface area contributed by atoms with Gasteiger partial charge in [0.25, 0.3) is 15.7 Å². The summed E-state index contributed by atoms with van der Waals surface area (Å²) < 4.78 is 66.8. The van der Waals surface area contributed by atoms with Gasteiger partial charge in [-0.2, -0.15) is 0 Å². The number of nitro groups is 1. The van der Waals surface area contributed by atoms with Gasteiger partial charge in [-0.3, -0.25) is 14.8 Å². The summed E-state index contributed by atoms with van der Waals surface area (Å²) in [6.07, 6.45) is -4.98. The average Bonchev–Trinajstić information content (AvgIpc) is 2.47. The first-order chi connectivity index (χ1) is 11.5. The summed E-state index contributed by atoms with van der Waals surface area (Å²) in [6.45, 7) is 0. The third-order valence-electron chi connectivity index (χ3n) is 2.74. The van der Waals surface area contributed by atoms with E-state index in [9.17, 15) is 31.7 Å². The highest BCUT2D eigenvalue weighted by Crippen LogP contribution is 2.29. The van der Waals surface area contributed by atoms with E-state index in [-0.39, 0.29) is 10.7 Å². The number of nitrogens with one attached hydrogen (secondary N) is 1.